The molecule has 0 spiro atoms. The highest BCUT2D eigenvalue weighted by Gasteiger charge is 2.01. The van der Waals surface area contributed by atoms with Crippen LogP contribution in [0.2, 0.25) is 0 Å². The molecular formula is C11H17NS. The van der Waals surface area contributed by atoms with Gasteiger partial charge in [-0.05, 0) is 30.7 Å². The molecule has 0 aliphatic heterocycles. The molecule has 1 aromatic rings. The number of rotatable bonds is 3. The van der Waals surface area contributed by atoms with E-state index in [0.717, 1.165) is 11.4 Å². The predicted octanol–water partition coefficient (Wildman–Crippen LogP) is 3.34. The van der Waals surface area contributed by atoms with Crippen molar-refractivity contribution in [3.8, 4) is 0 Å². The summed E-state index contributed by atoms with van der Waals surface area (Å²) >= 11 is 1.96. The fourth-order valence-corrected chi connectivity index (χ4v) is 1.94. The fraction of sp³-hybridized carbons (Fsp3) is 0.545. The maximum Gasteiger partial charge on any atom is 0.0416 e. The molecule has 0 aliphatic rings. The van der Waals surface area contributed by atoms with Crippen molar-refractivity contribution in [2.24, 2.45) is 0 Å². The Hall–Kier alpha value is -0.500. The Labute approximate surface area is 85.0 Å². The van der Waals surface area contributed by atoms with Crippen LogP contribution in [0.4, 0.5) is 0 Å². The fourth-order valence-electron chi connectivity index (χ4n) is 1.12. The summed E-state index contributed by atoms with van der Waals surface area (Å²) in [6.07, 6.45) is 0. The largest absolute Gasteiger partial charge is 0.258 e. The standard InChI is InChI=1S/C11H17NS/c1-8(2)13-7-11-6-5-9(3)12-10(11)4/h5-6,8H,7H2,1-4H3. The monoisotopic (exact) mass is 195 g/mol. The van der Waals surface area contributed by atoms with Crippen LogP contribution >= 0.6 is 11.8 Å². The second kappa shape index (κ2) is 4.66. The van der Waals surface area contributed by atoms with E-state index in [1.165, 1.54) is 11.3 Å². The van der Waals surface area contributed by atoms with Gasteiger partial charge in [0.1, 0.15) is 0 Å². The lowest BCUT2D eigenvalue weighted by Gasteiger charge is -2.07. The van der Waals surface area contributed by atoms with Crippen molar-refractivity contribution in [2.75, 3.05) is 0 Å². The van der Waals surface area contributed by atoms with Crippen LogP contribution in [0.3, 0.4) is 0 Å². The van der Waals surface area contributed by atoms with Gasteiger partial charge in [0.15, 0.2) is 0 Å². The quantitative estimate of drug-likeness (QED) is 0.733. The molecule has 0 atom stereocenters. The van der Waals surface area contributed by atoms with Crippen molar-refractivity contribution >= 4 is 11.8 Å². The molecule has 0 bridgehead atoms. The van der Waals surface area contributed by atoms with Gasteiger partial charge in [-0.1, -0.05) is 19.9 Å². The molecule has 0 aromatic carbocycles. The summed E-state index contributed by atoms with van der Waals surface area (Å²) in [7, 11) is 0. The summed E-state index contributed by atoms with van der Waals surface area (Å²) in [5.41, 5.74) is 3.65. The third kappa shape index (κ3) is 3.39. The Morgan fingerprint density at radius 2 is 2.00 bits per heavy atom. The average molecular weight is 195 g/mol. The van der Waals surface area contributed by atoms with Crippen LogP contribution < -0.4 is 0 Å². The van der Waals surface area contributed by atoms with Gasteiger partial charge in [0, 0.05) is 17.1 Å². The van der Waals surface area contributed by atoms with Gasteiger partial charge in [0.05, 0.1) is 0 Å². The summed E-state index contributed by atoms with van der Waals surface area (Å²) in [5.74, 6) is 1.08. The summed E-state index contributed by atoms with van der Waals surface area (Å²) < 4.78 is 0. The normalized spacial score (nSPS) is 10.8. The lowest BCUT2D eigenvalue weighted by Crippen LogP contribution is -1.95. The first-order chi connectivity index (χ1) is 6.09. The molecule has 1 rings (SSSR count). The first-order valence-electron chi connectivity index (χ1n) is 4.64. The van der Waals surface area contributed by atoms with Crippen molar-refractivity contribution in [2.45, 2.75) is 38.7 Å². The summed E-state index contributed by atoms with van der Waals surface area (Å²) in [5, 5.41) is 0.695. The highest BCUT2D eigenvalue weighted by molar-refractivity contribution is 7.99. The van der Waals surface area contributed by atoms with Crippen molar-refractivity contribution < 1.29 is 0 Å². The second-order valence-electron chi connectivity index (χ2n) is 3.56. The second-order valence-corrected chi connectivity index (χ2v) is 5.12. The maximum absolute atomic E-state index is 4.44. The molecule has 0 saturated heterocycles. The predicted molar refractivity (Wildman–Crippen MR) is 60.1 cm³/mol. The van der Waals surface area contributed by atoms with Crippen LogP contribution in [0.1, 0.15) is 30.8 Å². The molecule has 0 aliphatic carbocycles. The smallest absolute Gasteiger partial charge is 0.0416 e. The Kier molecular flexibility index (Phi) is 3.79. The van der Waals surface area contributed by atoms with Crippen LogP contribution in [0, 0.1) is 13.8 Å². The van der Waals surface area contributed by atoms with E-state index in [1.54, 1.807) is 0 Å². The molecule has 1 nitrogen and oxygen atoms in total. The van der Waals surface area contributed by atoms with E-state index < -0.39 is 0 Å². The van der Waals surface area contributed by atoms with Crippen LogP contribution in [0.5, 0.6) is 0 Å². The minimum absolute atomic E-state index is 0.695. The van der Waals surface area contributed by atoms with Crippen molar-refractivity contribution in [1.82, 2.24) is 4.98 Å². The van der Waals surface area contributed by atoms with E-state index in [-0.39, 0.29) is 0 Å². The van der Waals surface area contributed by atoms with Gasteiger partial charge in [0.25, 0.3) is 0 Å². The van der Waals surface area contributed by atoms with Crippen LogP contribution in [0.25, 0.3) is 0 Å². The summed E-state index contributed by atoms with van der Waals surface area (Å²) in [4.78, 5) is 4.44. The maximum atomic E-state index is 4.44. The summed E-state index contributed by atoms with van der Waals surface area (Å²) in [6.45, 7) is 8.57. The molecule has 72 valence electrons. The van der Waals surface area contributed by atoms with Crippen LogP contribution in [-0.2, 0) is 5.75 Å². The SMILES string of the molecule is Cc1ccc(CSC(C)C)c(C)n1. The van der Waals surface area contributed by atoms with Crippen molar-refractivity contribution in [3.63, 3.8) is 0 Å². The highest BCUT2D eigenvalue weighted by atomic mass is 32.2. The Morgan fingerprint density at radius 3 is 2.54 bits per heavy atom. The van der Waals surface area contributed by atoms with Gasteiger partial charge in [-0.15, -0.1) is 0 Å². The van der Waals surface area contributed by atoms with E-state index in [2.05, 4.69) is 37.9 Å². The minimum atomic E-state index is 0.695. The van der Waals surface area contributed by atoms with Gasteiger partial charge in [-0.2, -0.15) is 11.8 Å². The lowest BCUT2D eigenvalue weighted by molar-refractivity contribution is 1.07. The molecule has 0 radical (unpaired) electrons. The number of nitrogens with zero attached hydrogens (tertiary/aromatic N) is 1. The molecule has 0 saturated carbocycles. The first kappa shape index (κ1) is 10.6. The molecule has 1 aromatic heterocycles. The third-order valence-electron chi connectivity index (χ3n) is 1.91. The molecule has 0 fully saturated rings. The van der Waals surface area contributed by atoms with E-state index in [0.29, 0.717) is 5.25 Å². The minimum Gasteiger partial charge on any atom is -0.258 e. The third-order valence-corrected chi connectivity index (χ3v) is 3.05. The topological polar surface area (TPSA) is 12.9 Å². The average Bonchev–Trinajstić information content (AvgIpc) is 2.02. The van der Waals surface area contributed by atoms with Gasteiger partial charge in [-0.3, -0.25) is 4.98 Å². The molecule has 2 heteroatoms. The van der Waals surface area contributed by atoms with Gasteiger partial charge < -0.3 is 0 Å². The van der Waals surface area contributed by atoms with Crippen LogP contribution in [-0.4, -0.2) is 10.2 Å². The van der Waals surface area contributed by atoms with Gasteiger partial charge >= 0.3 is 0 Å². The molecule has 0 unspecified atom stereocenters. The first-order valence-corrected chi connectivity index (χ1v) is 5.69. The van der Waals surface area contributed by atoms with Gasteiger partial charge in [0.2, 0.25) is 0 Å². The number of hydrogen-bond acceptors (Lipinski definition) is 2. The van der Waals surface area contributed by atoms with Crippen LogP contribution in [0.15, 0.2) is 12.1 Å². The number of hydrogen-bond donors (Lipinski definition) is 0. The highest BCUT2D eigenvalue weighted by Crippen LogP contribution is 2.18. The van der Waals surface area contributed by atoms with Crippen molar-refractivity contribution in [3.05, 3.63) is 29.1 Å². The zero-order chi connectivity index (χ0) is 9.84. The molecule has 0 N–H and O–H groups in total. The Bertz CT molecular complexity index is 281. The number of aryl methyl sites for hydroxylation is 2. The van der Waals surface area contributed by atoms with E-state index in [4.69, 9.17) is 0 Å². The number of aromatic nitrogens is 1. The van der Waals surface area contributed by atoms with E-state index in [1.807, 2.05) is 18.7 Å². The Morgan fingerprint density at radius 1 is 1.31 bits per heavy atom. The van der Waals surface area contributed by atoms with E-state index in [9.17, 15) is 0 Å². The number of thioether (sulfide) groups is 1. The van der Waals surface area contributed by atoms with Crippen molar-refractivity contribution in [1.29, 1.82) is 0 Å². The molecular weight excluding hydrogens is 178 g/mol. The molecule has 13 heavy (non-hydrogen) atoms. The molecule has 0 amide bonds. The lowest BCUT2D eigenvalue weighted by atomic mass is 10.2. The zero-order valence-corrected chi connectivity index (χ0v) is 9.61. The number of pyridine rings is 1. The van der Waals surface area contributed by atoms with E-state index >= 15 is 0 Å². The summed E-state index contributed by atoms with van der Waals surface area (Å²) in [6, 6.07) is 4.27. The molecule has 1 heterocycles. The van der Waals surface area contributed by atoms with Gasteiger partial charge in [-0.25, -0.2) is 0 Å². The Balaban J connectivity index is 2.67. The zero-order valence-electron chi connectivity index (χ0n) is 8.79.